The number of nitrogens with zero attached hydrogens (tertiary/aromatic N) is 1. The van der Waals surface area contributed by atoms with Gasteiger partial charge in [-0.3, -0.25) is 4.90 Å². The second-order valence-corrected chi connectivity index (χ2v) is 6.16. The summed E-state index contributed by atoms with van der Waals surface area (Å²) in [5, 5.41) is 0. The van der Waals surface area contributed by atoms with Crippen LogP contribution in [-0.4, -0.2) is 30.6 Å². The molecular formula is C16H34N2. The van der Waals surface area contributed by atoms with Gasteiger partial charge in [0.2, 0.25) is 0 Å². The molecule has 0 bridgehead atoms. The maximum atomic E-state index is 6.11. The fourth-order valence-electron chi connectivity index (χ4n) is 3.36. The molecule has 1 saturated carbocycles. The molecule has 1 aliphatic rings. The van der Waals surface area contributed by atoms with Gasteiger partial charge in [-0.25, -0.2) is 0 Å². The fraction of sp³-hybridized carbons (Fsp3) is 1.00. The van der Waals surface area contributed by atoms with Gasteiger partial charge in [0.05, 0.1) is 0 Å². The van der Waals surface area contributed by atoms with Crippen molar-refractivity contribution in [2.45, 2.75) is 71.8 Å². The van der Waals surface area contributed by atoms with Crippen LogP contribution in [-0.2, 0) is 0 Å². The van der Waals surface area contributed by atoms with Gasteiger partial charge in [-0.05, 0) is 31.2 Å². The van der Waals surface area contributed by atoms with Crippen LogP contribution in [0.15, 0.2) is 0 Å². The third-order valence-corrected chi connectivity index (χ3v) is 4.80. The van der Waals surface area contributed by atoms with Gasteiger partial charge in [-0.1, -0.05) is 52.9 Å². The SMILES string of the molecule is CCC(C)CN(CC)C(CN)C1CCCCCC1. The van der Waals surface area contributed by atoms with E-state index >= 15 is 0 Å². The van der Waals surface area contributed by atoms with E-state index in [0.29, 0.717) is 6.04 Å². The molecule has 0 radical (unpaired) electrons. The van der Waals surface area contributed by atoms with Crippen LogP contribution in [0, 0.1) is 11.8 Å². The molecule has 0 aliphatic heterocycles. The van der Waals surface area contributed by atoms with E-state index in [1.165, 1.54) is 51.5 Å². The molecule has 2 heteroatoms. The molecule has 18 heavy (non-hydrogen) atoms. The average molecular weight is 254 g/mol. The summed E-state index contributed by atoms with van der Waals surface area (Å²) in [6.07, 6.45) is 9.79. The van der Waals surface area contributed by atoms with Gasteiger partial charge in [-0.15, -0.1) is 0 Å². The quantitative estimate of drug-likeness (QED) is 0.703. The summed E-state index contributed by atoms with van der Waals surface area (Å²) in [4.78, 5) is 2.66. The van der Waals surface area contributed by atoms with Crippen molar-refractivity contribution in [3.63, 3.8) is 0 Å². The Morgan fingerprint density at radius 2 is 1.72 bits per heavy atom. The molecule has 1 aliphatic carbocycles. The van der Waals surface area contributed by atoms with Crippen molar-refractivity contribution < 1.29 is 0 Å². The van der Waals surface area contributed by atoms with Crippen molar-refractivity contribution in [2.24, 2.45) is 17.6 Å². The predicted octanol–water partition coefficient (Wildman–Crippen LogP) is 3.65. The Labute approximate surface area is 114 Å². The maximum Gasteiger partial charge on any atom is 0.0246 e. The van der Waals surface area contributed by atoms with Gasteiger partial charge in [0.1, 0.15) is 0 Å². The fourth-order valence-corrected chi connectivity index (χ4v) is 3.36. The molecule has 2 nitrogen and oxygen atoms in total. The average Bonchev–Trinajstić information content (AvgIpc) is 2.67. The van der Waals surface area contributed by atoms with E-state index in [1.54, 1.807) is 0 Å². The van der Waals surface area contributed by atoms with E-state index < -0.39 is 0 Å². The van der Waals surface area contributed by atoms with Crippen LogP contribution < -0.4 is 5.73 Å². The minimum absolute atomic E-state index is 0.627. The topological polar surface area (TPSA) is 29.3 Å². The van der Waals surface area contributed by atoms with E-state index in [1.807, 2.05) is 0 Å². The van der Waals surface area contributed by atoms with Gasteiger partial charge in [0.25, 0.3) is 0 Å². The maximum absolute atomic E-state index is 6.11. The van der Waals surface area contributed by atoms with Crippen molar-refractivity contribution in [1.29, 1.82) is 0 Å². The highest BCUT2D eigenvalue weighted by molar-refractivity contribution is 4.82. The molecule has 0 amide bonds. The standard InChI is InChI=1S/C16H34N2/c1-4-14(3)13-18(5-2)16(12-17)15-10-8-6-7-9-11-15/h14-16H,4-13,17H2,1-3H3. The molecule has 0 aromatic rings. The Hall–Kier alpha value is -0.0800. The van der Waals surface area contributed by atoms with Crippen LogP contribution in [0.3, 0.4) is 0 Å². The summed E-state index contributed by atoms with van der Waals surface area (Å²) in [5.41, 5.74) is 6.11. The molecule has 0 aromatic carbocycles. The number of hydrogen-bond donors (Lipinski definition) is 1. The zero-order chi connectivity index (χ0) is 13.4. The Morgan fingerprint density at radius 3 is 2.17 bits per heavy atom. The second-order valence-electron chi connectivity index (χ2n) is 6.16. The van der Waals surface area contributed by atoms with Crippen LogP contribution in [0.4, 0.5) is 0 Å². The van der Waals surface area contributed by atoms with Gasteiger partial charge in [0.15, 0.2) is 0 Å². The zero-order valence-electron chi connectivity index (χ0n) is 12.8. The smallest absolute Gasteiger partial charge is 0.0246 e. The van der Waals surface area contributed by atoms with E-state index in [4.69, 9.17) is 5.73 Å². The molecule has 0 saturated heterocycles. The highest BCUT2D eigenvalue weighted by Crippen LogP contribution is 2.28. The normalized spacial score (nSPS) is 21.8. The molecule has 108 valence electrons. The lowest BCUT2D eigenvalue weighted by molar-refractivity contribution is 0.124. The number of hydrogen-bond acceptors (Lipinski definition) is 2. The molecule has 1 fully saturated rings. The molecule has 0 aromatic heterocycles. The summed E-state index contributed by atoms with van der Waals surface area (Å²) in [5.74, 6) is 1.64. The van der Waals surface area contributed by atoms with Gasteiger partial charge in [-0.2, -0.15) is 0 Å². The van der Waals surface area contributed by atoms with E-state index in [2.05, 4.69) is 25.7 Å². The van der Waals surface area contributed by atoms with Crippen molar-refractivity contribution in [2.75, 3.05) is 19.6 Å². The minimum Gasteiger partial charge on any atom is -0.329 e. The van der Waals surface area contributed by atoms with Crippen molar-refractivity contribution in [3.05, 3.63) is 0 Å². The first-order chi connectivity index (χ1) is 8.72. The second kappa shape index (κ2) is 8.92. The molecule has 2 unspecified atom stereocenters. The highest BCUT2D eigenvalue weighted by Gasteiger charge is 2.26. The van der Waals surface area contributed by atoms with Crippen LogP contribution in [0.5, 0.6) is 0 Å². The van der Waals surface area contributed by atoms with Gasteiger partial charge < -0.3 is 5.73 Å². The first-order valence-electron chi connectivity index (χ1n) is 8.17. The summed E-state index contributed by atoms with van der Waals surface area (Å²) in [6, 6.07) is 0.627. The summed E-state index contributed by atoms with van der Waals surface area (Å²) < 4.78 is 0. The Balaban J connectivity index is 2.59. The molecular weight excluding hydrogens is 220 g/mol. The highest BCUT2D eigenvalue weighted by atomic mass is 15.2. The third-order valence-electron chi connectivity index (χ3n) is 4.80. The van der Waals surface area contributed by atoms with Crippen molar-refractivity contribution >= 4 is 0 Å². The van der Waals surface area contributed by atoms with Crippen LogP contribution in [0.2, 0.25) is 0 Å². The Morgan fingerprint density at radius 1 is 1.11 bits per heavy atom. The Bertz CT molecular complexity index is 197. The Kier molecular flexibility index (Phi) is 7.92. The first-order valence-corrected chi connectivity index (χ1v) is 8.17. The van der Waals surface area contributed by atoms with E-state index in [9.17, 15) is 0 Å². The first kappa shape index (κ1) is 16.0. The summed E-state index contributed by atoms with van der Waals surface area (Å²) in [7, 11) is 0. The zero-order valence-corrected chi connectivity index (χ0v) is 12.8. The molecule has 2 atom stereocenters. The molecule has 1 rings (SSSR count). The van der Waals surface area contributed by atoms with Crippen LogP contribution >= 0.6 is 0 Å². The molecule has 0 spiro atoms. The van der Waals surface area contributed by atoms with Gasteiger partial charge >= 0.3 is 0 Å². The third kappa shape index (κ3) is 4.89. The molecule has 0 heterocycles. The predicted molar refractivity (Wildman–Crippen MR) is 80.7 cm³/mol. The minimum atomic E-state index is 0.627. The largest absolute Gasteiger partial charge is 0.329 e. The number of rotatable bonds is 7. The lowest BCUT2D eigenvalue weighted by atomic mass is 9.90. The van der Waals surface area contributed by atoms with Gasteiger partial charge in [0, 0.05) is 19.1 Å². The van der Waals surface area contributed by atoms with E-state index in [-0.39, 0.29) is 0 Å². The van der Waals surface area contributed by atoms with Crippen LogP contribution in [0.1, 0.15) is 65.7 Å². The molecule has 2 N–H and O–H groups in total. The van der Waals surface area contributed by atoms with Crippen LogP contribution in [0.25, 0.3) is 0 Å². The lowest BCUT2D eigenvalue weighted by Gasteiger charge is -2.37. The lowest BCUT2D eigenvalue weighted by Crippen LogP contribution is -2.47. The summed E-state index contributed by atoms with van der Waals surface area (Å²) >= 11 is 0. The van der Waals surface area contributed by atoms with E-state index in [0.717, 1.165) is 24.9 Å². The van der Waals surface area contributed by atoms with Crippen molar-refractivity contribution in [3.8, 4) is 0 Å². The van der Waals surface area contributed by atoms with Crippen molar-refractivity contribution in [1.82, 2.24) is 4.90 Å². The number of nitrogens with two attached hydrogens (primary N) is 1. The number of likely N-dealkylation sites (N-methyl/N-ethyl adjacent to an activating group) is 1. The summed E-state index contributed by atoms with van der Waals surface area (Å²) in [6.45, 7) is 10.2. The monoisotopic (exact) mass is 254 g/mol.